The van der Waals surface area contributed by atoms with Gasteiger partial charge in [-0.3, -0.25) is 9.20 Å². The van der Waals surface area contributed by atoms with E-state index in [1.165, 1.54) is 11.8 Å². The van der Waals surface area contributed by atoms with Gasteiger partial charge in [-0.2, -0.15) is 0 Å². The Morgan fingerprint density at radius 2 is 1.96 bits per heavy atom. The van der Waals surface area contributed by atoms with Gasteiger partial charge in [0.15, 0.2) is 16.7 Å². The van der Waals surface area contributed by atoms with E-state index in [-0.39, 0.29) is 11.7 Å². The molecule has 0 aliphatic heterocycles. The van der Waals surface area contributed by atoms with Crippen LogP contribution in [0.2, 0.25) is 0 Å². The number of nitrogens with one attached hydrogen (secondary N) is 1. The minimum Gasteiger partial charge on any atom is -0.490 e. The highest BCUT2D eigenvalue weighted by Gasteiger charge is 2.10. The zero-order chi connectivity index (χ0) is 18.4. The van der Waals surface area contributed by atoms with Crippen molar-refractivity contribution in [3.8, 4) is 11.5 Å². The van der Waals surface area contributed by atoms with Gasteiger partial charge in [-0.15, -0.1) is 0 Å². The van der Waals surface area contributed by atoms with Crippen molar-refractivity contribution in [1.82, 2.24) is 9.38 Å². The lowest BCUT2D eigenvalue weighted by atomic mass is 10.2. The van der Waals surface area contributed by atoms with E-state index in [4.69, 9.17) is 9.47 Å². The van der Waals surface area contributed by atoms with Gasteiger partial charge in [0.25, 0.3) is 0 Å². The number of pyridine rings is 1. The van der Waals surface area contributed by atoms with E-state index >= 15 is 0 Å². The third-order valence-electron chi connectivity index (χ3n) is 3.56. The highest BCUT2D eigenvalue weighted by atomic mass is 32.2. The number of nitrogens with zero attached hydrogens (tertiary/aromatic N) is 2. The Kier molecular flexibility index (Phi) is 6.01. The standard InChI is InChI=1S/C19H21N3O3S/c1-3-24-16-9-8-14(11-17(16)25-4-2)21-18(23)13-26-19-20-12-15-7-5-6-10-22(15)19/h5-12H,3-4,13H2,1-2H3,(H,21,23). The second-order valence-electron chi connectivity index (χ2n) is 5.40. The zero-order valence-electron chi connectivity index (χ0n) is 14.8. The molecule has 0 aliphatic carbocycles. The average molecular weight is 371 g/mol. The number of imidazole rings is 1. The van der Waals surface area contributed by atoms with Gasteiger partial charge in [0, 0.05) is 18.0 Å². The highest BCUT2D eigenvalue weighted by Crippen LogP contribution is 2.30. The molecule has 26 heavy (non-hydrogen) atoms. The van der Waals surface area contributed by atoms with Gasteiger partial charge in [-0.1, -0.05) is 17.8 Å². The molecule has 7 heteroatoms. The smallest absolute Gasteiger partial charge is 0.234 e. The number of rotatable bonds is 8. The molecule has 1 aromatic carbocycles. The maximum atomic E-state index is 12.3. The summed E-state index contributed by atoms with van der Waals surface area (Å²) in [4.78, 5) is 16.6. The van der Waals surface area contributed by atoms with Crippen molar-refractivity contribution in [2.75, 3.05) is 24.3 Å². The minimum absolute atomic E-state index is 0.103. The van der Waals surface area contributed by atoms with Crippen LogP contribution in [0.4, 0.5) is 5.69 Å². The van der Waals surface area contributed by atoms with Crippen LogP contribution >= 0.6 is 11.8 Å². The number of ether oxygens (including phenoxy) is 2. The molecule has 136 valence electrons. The molecule has 0 saturated heterocycles. The van der Waals surface area contributed by atoms with E-state index in [9.17, 15) is 4.79 Å². The third-order valence-corrected chi connectivity index (χ3v) is 4.53. The molecule has 0 saturated carbocycles. The molecule has 2 heterocycles. The third kappa shape index (κ3) is 4.29. The Bertz CT molecular complexity index is 895. The Morgan fingerprint density at radius 1 is 1.15 bits per heavy atom. The van der Waals surface area contributed by atoms with Crippen LogP contribution in [-0.4, -0.2) is 34.3 Å². The monoisotopic (exact) mass is 371 g/mol. The summed E-state index contributed by atoms with van der Waals surface area (Å²) in [5.41, 5.74) is 1.68. The van der Waals surface area contributed by atoms with Crippen LogP contribution in [0.5, 0.6) is 11.5 Å². The predicted octanol–water partition coefficient (Wildman–Crippen LogP) is 3.86. The molecule has 1 amide bonds. The van der Waals surface area contributed by atoms with E-state index in [0.717, 1.165) is 10.7 Å². The molecule has 2 aromatic heterocycles. The van der Waals surface area contributed by atoms with Gasteiger partial charge in [-0.25, -0.2) is 4.98 Å². The van der Waals surface area contributed by atoms with Crippen molar-refractivity contribution in [3.05, 3.63) is 48.8 Å². The fraction of sp³-hybridized carbons (Fsp3) is 0.263. The SMILES string of the molecule is CCOc1ccc(NC(=O)CSc2ncc3ccccn23)cc1OCC. The second kappa shape index (κ2) is 8.62. The maximum Gasteiger partial charge on any atom is 0.234 e. The summed E-state index contributed by atoms with van der Waals surface area (Å²) in [6.07, 6.45) is 3.73. The molecular formula is C19H21N3O3S. The first-order valence-electron chi connectivity index (χ1n) is 8.45. The number of hydrogen-bond donors (Lipinski definition) is 1. The number of amides is 1. The normalized spacial score (nSPS) is 10.7. The molecule has 0 aliphatic rings. The predicted molar refractivity (Wildman–Crippen MR) is 103 cm³/mol. The topological polar surface area (TPSA) is 64.9 Å². The van der Waals surface area contributed by atoms with Crippen molar-refractivity contribution in [2.45, 2.75) is 19.0 Å². The minimum atomic E-state index is -0.103. The first-order valence-corrected chi connectivity index (χ1v) is 9.44. The molecule has 0 fully saturated rings. The van der Waals surface area contributed by atoms with Crippen LogP contribution in [0.1, 0.15) is 13.8 Å². The number of fused-ring (bicyclic) bond motifs is 1. The van der Waals surface area contributed by atoms with Gasteiger partial charge in [0.2, 0.25) is 5.91 Å². The van der Waals surface area contributed by atoms with Crippen molar-refractivity contribution < 1.29 is 14.3 Å². The summed E-state index contributed by atoms with van der Waals surface area (Å²) in [6.45, 7) is 4.91. The number of carbonyl (C=O) groups is 1. The van der Waals surface area contributed by atoms with Gasteiger partial charge in [0.05, 0.1) is 30.7 Å². The van der Waals surface area contributed by atoms with E-state index in [2.05, 4.69) is 10.3 Å². The first kappa shape index (κ1) is 18.1. The largest absolute Gasteiger partial charge is 0.490 e. The van der Waals surface area contributed by atoms with E-state index in [1.807, 2.05) is 42.6 Å². The Hall–Kier alpha value is -2.67. The summed E-state index contributed by atoms with van der Waals surface area (Å²) < 4.78 is 13.1. The molecule has 0 unspecified atom stereocenters. The zero-order valence-corrected chi connectivity index (χ0v) is 15.6. The van der Waals surface area contributed by atoms with Gasteiger partial charge < -0.3 is 14.8 Å². The van der Waals surface area contributed by atoms with Crippen LogP contribution < -0.4 is 14.8 Å². The number of benzene rings is 1. The molecule has 0 bridgehead atoms. The van der Waals surface area contributed by atoms with Crippen LogP contribution in [0.15, 0.2) is 53.9 Å². The lowest BCUT2D eigenvalue weighted by Crippen LogP contribution is -2.14. The molecule has 3 rings (SSSR count). The van der Waals surface area contributed by atoms with Crippen molar-refractivity contribution in [3.63, 3.8) is 0 Å². The van der Waals surface area contributed by atoms with Crippen LogP contribution in [-0.2, 0) is 4.79 Å². The first-order chi connectivity index (χ1) is 12.7. The molecule has 0 radical (unpaired) electrons. The molecule has 0 atom stereocenters. The summed E-state index contributed by atoms with van der Waals surface area (Å²) in [7, 11) is 0. The van der Waals surface area contributed by atoms with Gasteiger partial charge in [-0.05, 0) is 38.1 Å². The quantitative estimate of drug-likeness (QED) is 0.609. The van der Waals surface area contributed by atoms with Crippen LogP contribution in [0.3, 0.4) is 0 Å². The summed E-state index contributed by atoms with van der Waals surface area (Å²) in [5.74, 6) is 1.46. The lowest BCUT2D eigenvalue weighted by Gasteiger charge is -2.13. The van der Waals surface area contributed by atoms with Gasteiger partial charge in [0.1, 0.15) is 0 Å². The van der Waals surface area contributed by atoms with E-state index in [1.54, 1.807) is 24.4 Å². The lowest BCUT2D eigenvalue weighted by molar-refractivity contribution is -0.113. The fourth-order valence-electron chi connectivity index (χ4n) is 2.48. The number of hydrogen-bond acceptors (Lipinski definition) is 5. The number of carbonyl (C=O) groups excluding carboxylic acids is 1. The van der Waals surface area contributed by atoms with Crippen molar-refractivity contribution in [1.29, 1.82) is 0 Å². The molecule has 3 aromatic rings. The van der Waals surface area contributed by atoms with Crippen LogP contribution in [0, 0.1) is 0 Å². The molecule has 1 N–H and O–H groups in total. The van der Waals surface area contributed by atoms with E-state index < -0.39 is 0 Å². The fourth-order valence-corrected chi connectivity index (χ4v) is 3.25. The molecule has 6 nitrogen and oxygen atoms in total. The second-order valence-corrected chi connectivity index (χ2v) is 6.34. The summed E-state index contributed by atoms with van der Waals surface area (Å²) in [5, 5.41) is 3.68. The number of thioether (sulfide) groups is 1. The average Bonchev–Trinajstić information content (AvgIpc) is 3.06. The molecular weight excluding hydrogens is 350 g/mol. The number of anilines is 1. The molecule has 0 spiro atoms. The Morgan fingerprint density at radius 3 is 2.77 bits per heavy atom. The summed E-state index contributed by atoms with van der Waals surface area (Å²) >= 11 is 1.39. The van der Waals surface area contributed by atoms with Crippen molar-refractivity contribution in [2.24, 2.45) is 0 Å². The van der Waals surface area contributed by atoms with Crippen molar-refractivity contribution >= 4 is 28.9 Å². The maximum absolute atomic E-state index is 12.3. The Balaban J connectivity index is 1.63. The highest BCUT2D eigenvalue weighted by molar-refractivity contribution is 7.99. The van der Waals surface area contributed by atoms with E-state index in [0.29, 0.717) is 30.4 Å². The summed E-state index contributed by atoms with van der Waals surface area (Å²) in [6, 6.07) is 11.3. The number of aromatic nitrogens is 2. The van der Waals surface area contributed by atoms with Gasteiger partial charge >= 0.3 is 0 Å². The Labute approximate surface area is 156 Å². The van der Waals surface area contributed by atoms with Crippen LogP contribution in [0.25, 0.3) is 5.52 Å².